The number of nitrogens with one attached hydrogen (secondary N) is 1. The van der Waals surface area contributed by atoms with Crippen LogP contribution >= 0.6 is 34.8 Å². The second kappa shape index (κ2) is 12.6. The van der Waals surface area contributed by atoms with Gasteiger partial charge < -0.3 is 9.15 Å². The summed E-state index contributed by atoms with van der Waals surface area (Å²) in [7, 11) is -4.12. The van der Waals surface area contributed by atoms with Gasteiger partial charge in [0, 0.05) is 15.6 Å². The van der Waals surface area contributed by atoms with Gasteiger partial charge in [-0.25, -0.2) is 13.8 Å². The van der Waals surface area contributed by atoms with Crippen molar-refractivity contribution in [2.24, 2.45) is 5.10 Å². The number of furan rings is 1. The fraction of sp³-hybridized carbons (Fsp3) is 0.111. The molecular weight excluding hydrogens is 585 g/mol. The van der Waals surface area contributed by atoms with Crippen LogP contribution in [0.3, 0.4) is 0 Å². The number of hydrazone groups is 1. The van der Waals surface area contributed by atoms with Crippen LogP contribution in [0.2, 0.25) is 15.1 Å². The zero-order chi connectivity index (χ0) is 28.0. The average molecular weight is 607 g/mol. The number of sulfonamides is 1. The second-order valence-electron chi connectivity index (χ2n) is 8.01. The summed E-state index contributed by atoms with van der Waals surface area (Å²) in [6.45, 7) is 1.75. The zero-order valence-corrected chi connectivity index (χ0v) is 23.6. The van der Waals surface area contributed by atoms with Gasteiger partial charge in [0.1, 0.15) is 23.8 Å². The van der Waals surface area contributed by atoms with Crippen LogP contribution < -0.4 is 14.5 Å². The molecule has 0 saturated heterocycles. The number of rotatable bonds is 10. The maximum Gasteiger partial charge on any atom is 0.264 e. The number of benzene rings is 3. The predicted molar refractivity (Wildman–Crippen MR) is 153 cm³/mol. The van der Waals surface area contributed by atoms with Gasteiger partial charge in [0.15, 0.2) is 0 Å². The van der Waals surface area contributed by atoms with E-state index in [1.54, 1.807) is 54.6 Å². The number of hydrogen-bond acceptors (Lipinski definition) is 6. The van der Waals surface area contributed by atoms with Gasteiger partial charge in [-0.15, -0.1) is 0 Å². The summed E-state index contributed by atoms with van der Waals surface area (Å²) >= 11 is 18.1. The van der Waals surface area contributed by atoms with Gasteiger partial charge in [-0.1, -0.05) is 34.8 Å². The molecule has 0 spiro atoms. The summed E-state index contributed by atoms with van der Waals surface area (Å²) in [6.07, 6.45) is 1.29. The number of amides is 1. The summed E-state index contributed by atoms with van der Waals surface area (Å²) in [5, 5.41) is 5.21. The van der Waals surface area contributed by atoms with E-state index in [0.717, 1.165) is 4.31 Å². The van der Waals surface area contributed by atoms with Crippen molar-refractivity contribution in [3.63, 3.8) is 0 Å². The monoisotopic (exact) mass is 605 g/mol. The first-order valence-corrected chi connectivity index (χ1v) is 14.1. The maximum absolute atomic E-state index is 13.5. The molecule has 0 fully saturated rings. The van der Waals surface area contributed by atoms with Gasteiger partial charge in [-0.05, 0) is 85.8 Å². The van der Waals surface area contributed by atoms with Gasteiger partial charge >= 0.3 is 0 Å². The molecule has 202 valence electrons. The predicted octanol–water partition coefficient (Wildman–Crippen LogP) is 6.65. The SMILES string of the molecule is CCOc1ccc(N(CC(=O)N/N=C\c2ccc(-c3ccc(Cl)cc3Cl)o2)S(=O)(=O)c2ccc(Cl)cc2)cc1. The van der Waals surface area contributed by atoms with E-state index in [4.69, 9.17) is 44.0 Å². The summed E-state index contributed by atoms with van der Waals surface area (Å²) in [4.78, 5) is 12.8. The molecule has 4 aromatic rings. The number of carbonyl (C=O) groups excluding carboxylic acids is 1. The normalized spacial score (nSPS) is 11.5. The Morgan fingerprint density at radius 3 is 2.33 bits per heavy atom. The molecule has 1 heterocycles. The fourth-order valence-corrected chi connectivity index (χ4v) is 5.56. The molecule has 1 N–H and O–H groups in total. The molecule has 1 aromatic heterocycles. The van der Waals surface area contributed by atoms with Gasteiger partial charge in [0.05, 0.1) is 28.4 Å². The van der Waals surface area contributed by atoms with E-state index < -0.39 is 22.5 Å². The lowest BCUT2D eigenvalue weighted by molar-refractivity contribution is -0.119. The van der Waals surface area contributed by atoms with Crippen LogP contribution in [-0.4, -0.2) is 33.7 Å². The summed E-state index contributed by atoms with van der Waals surface area (Å²) in [6, 6.07) is 20.4. The highest BCUT2D eigenvalue weighted by molar-refractivity contribution is 7.92. The van der Waals surface area contributed by atoms with Gasteiger partial charge in [-0.2, -0.15) is 5.10 Å². The highest BCUT2D eigenvalue weighted by Crippen LogP contribution is 2.31. The van der Waals surface area contributed by atoms with Crippen LogP contribution in [0.1, 0.15) is 12.7 Å². The van der Waals surface area contributed by atoms with Crippen molar-refractivity contribution in [2.45, 2.75) is 11.8 Å². The minimum Gasteiger partial charge on any atom is -0.494 e. The Labute approximate surface area is 240 Å². The lowest BCUT2D eigenvalue weighted by Crippen LogP contribution is -2.39. The maximum atomic E-state index is 13.5. The van der Waals surface area contributed by atoms with Gasteiger partial charge in [0.25, 0.3) is 15.9 Å². The summed E-state index contributed by atoms with van der Waals surface area (Å²) in [5.74, 6) is 0.718. The van der Waals surface area contributed by atoms with Gasteiger partial charge in [0.2, 0.25) is 0 Å². The smallest absolute Gasteiger partial charge is 0.264 e. The minimum atomic E-state index is -4.12. The van der Waals surface area contributed by atoms with E-state index in [1.807, 2.05) is 6.92 Å². The van der Waals surface area contributed by atoms with Crippen molar-refractivity contribution in [3.05, 3.63) is 99.7 Å². The number of hydrogen-bond donors (Lipinski definition) is 1. The first-order chi connectivity index (χ1) is 18.7. The van der Waals surface area contributed by atoms with E-state index in [2.05, 4.69) is 10.5 Å². The third-order valence-electron chi connectivity index (χ3n) is 5.33. The van der Waals surface area contributed by atoms with E-state index in [9.17, 15) is 13.2 Å². The molecule has 39 heavy (non-hydrogen) atoms. The van der Waals surface area contributed by atoms with Crippen molar-refractivity contribution in [1.82, 2.24) is 5.43 Å². The third-order valence-corrected chi connectivity index (χ3v) is 7.92. The number of carbonyl (C=O) groups is 1. The molecule has 0 aliphatic heterocycles. The molecule has 3 aromatic carbocycles. The Morgan fingerprint density at radius 2 is 1.67 bits per heavy atom. The van der Waals surface area contributed by atoms with E-state index in [0.29, 0.717) is 44.5 Å². The van der Waals surface area contributed by atoms with Crippen LogP contribution in [0.4, 0.5) is 5.69 Å². The van der Waals surface area contributed by atoms with Crippen LogP contribution in [0.25, 0.3) is 11.3 Å². The molecule has 12 heteroatoms. The zero-order valence-electron chi connectivity index (χ0n) is 20.5. The third kappa shape index (κ3) is 7.13. The number of halogens is 3. The second-order valence-corrected chi connectivity index (χ2v) is 11.2. The van der Waals surface area contributed by atoms with Crippen molar-refractivity contribution in [3.8, 4) is 17.1 Å². The fourth-order valence-electron chi connectivity index (χ4n) is 3.51. The Bertz CT molecular complexity index is 1590. The lowest BCUT2D eigenvalue weighted by Gasteiger charge is -2.24. The Hall–Kier alpha value is -3.50. The first kappa shape index (κ1) is 28.5. The van der Waals surface area contributed by atoms with E-state index >= 15 is 0 Å². The van der Waals surface area contributed by atoms with Gasteiger partial charge in [-0.3, -0.25) is 9.10 Å². The highest BCUT2D eigenvalue weighted by Gasteiger charge is 2.27. The molecule has 4 rings (SSSR count). The summed E-state index contributed by atoms with van der Waals surface area (Å²) in [5.41, 5.74) is 3.25. The molecule has 8 nitrogen and oxygen atoms in total. The topological polar surface area (TPSA) is 101 Å². The van der Waals surface area contributed by atoms with Crippen LogP contribution in [-0.2, 0) is 14.8 Å². The molecule has 0 atom stereocenters. The molecule has 0 aliphatic rings. The molecule has 0 radical (unpaired) electrons. The minimum absolute atomic E-state index is 0.0268. The molecule has 0 bridgehead atoms. The van der Waals surface area contributed by atoms with Crippen LogP contribution in [0, 0.1) is 0 Å². The molecular formula is C27H22Cl3N3O5S. The Morgan fingerprint density at radius 1 is 0.974 bits per heavy atom. The van der Waals surface area contributed by atoms with Crippen LogP contribution in [0.15, 0.2) is 93.3 Å². The van der Waals surface area contributed by atoms with Crippen molar-refractivity contribution < 1.29 is 22.4 Å². The van der Waals surface area contributed by atoms with E-state index in [-0.39, 0.29) is 10.6 Å². The Balaban J connectivity index is 1.51. The lowest BCUT2D eigenvalue weighted by atomic mass is 10.2. The van der Waals surface area contributed by atoms with Crippen molar-refractivity contribution >= 4 is 62.6 Å². The van der Waals surface area contributed by atoms with Crippen molar-refractivity contribution in [1.29, 1.82) is 0 Å². The quantitative estimate of drug-likeness (QED) is 0.161. The molecule has 0 unspecified atom stereocenters. The standard InChI is InChI=1S/C27H22Cl3N3O5S/c1-2-37-21-8-6-20(7-9-21)33(39(35,36)23-11-3-18(28)4-12-23)17-27(34)32-31-16-22-10-14-26(38-22)24-13-5-19(29)15-25(24)30/h3-16H,2,17H2,1H3,(H,32,34)/b31-16-. The number of nitrogens with zero attached hydrogens (tertiary/aromatic N) is 2. The van der Waals surface area contributed by atoms with Crippen molar-refractivity contribution in [2.75, 3.05) is 17.5 Å². The first-order valence-electron chi connectivity index (χ1n) is 11.6. The molecule has 0 saturated carbocycles. The largest absolute Gasteiger partial charge is 0.494 e. The van der Waals surface area contributed by atoms with E-state index in [1.165, 1.54) is 30.5 Å². The molecule has 1 amide bonds. The number of anilines is 1. The average Bonchev–Trinajstić information content (AvgIpc) is 3.37. The number of ether oxygens (including phenoxy) is 1. The van der Waals surface area contributed by atoms with Crippen LogP contribution in [0.5, 0.6) is 5.75 Å². The molecule has 0 aliphatic carbocycles. The summed E-state index contributed by atoms with van der Waals surface area (Å²) < 4.78 is 39.1. The highest BCUT2D eigenvalue weighted by atomic mass is 35.5. The Kier molecular flexibility index (Phi) is 9.19.